The van der Waals surface area contributed by atoms with Crippen LogP contribution in [0, 0.1) is 0 Å². The Morgan fingerprint density at radius 2 is 0.938 bits per heavy atom. The molecule has 0 saturated carbocycles. The van der Waals surface area contributed by atoms with Gasteiger partial charge in [0.05, 0.1) is 76.2 Å². The van der Waals surface area contributed by atoms with Gasteiger partial charge in [0.1, 0.15) is 42.5 Å². The van der Waals surface area contributed by atoms with Crippen LogP contribution in [0.2, 0.25) is 0 Å². The Kier molecular flexibility index (Phi) is 15.5. The minimum atomic E-state index is -5.00. The Bertz CT molecular complexity index is 2570. The van der Waals surface area contributed by atoms with Crippen LogP contribution in [0.25, 0.3) is 11.1 Å². The average molecular weight is 949 g/mol. The number of amides is 2. The smallest absolute Gasteiger partial charge is 0.746 e. The monoisotopic (exact) mass is 948 g/mol. The fraction of sp³-hybridized carbons (Fsp3) is 0.302. The molecule has 0 radical (unpaired) electrons. The van der Waals surface area contributed by atoms with E-state index in [4.69, 9.17) is 28.4 Å². The van der Waals surface area contributed by atoms with Crippen LogP contribution >= 0.6 is 0 Å². The van der Waals surface area contributed by atoms with Crippen molar-refractivity contribution < 1.29 is 123 Å². The van der Waals surface area contributed by atoms with Crippen molar-refractivity contribution >= 4 is 54.6 Å². The molecule has 65 heavy (non-hydrogen) atoms. The molecule has 4 aliphatic heterocycles. The minimum Gasteiger partial charge on any atom is -0.746 e. The third kappa shape index (κ3) is 10.1. The van der Waals surface area contributed by atoms with Gasteiger partial charge in [0, 0.05) is 31.0 Å². The summed E-state index contributed by atoms with van der Waals surface area (Å²) in [5.74, 6) is 0.779. The van der Waals surface area contributed by atoms with Crippen LogP contribution in [0.3, 0.4) is 0 Å². The van der Waals surface area contributed by atoms with Crippen molar-refractivity contribution in [1.82, 2.24) is 9.80 Å². The molecule has 0 fully saturated rings. The van der Waals surface area contributed by atoms with E-state index < -0.39 is 54.9 Å². The second-order valence-electron chi connectivity index (χ2n) is 15.0. The van der Waals surface area contributed by atoms with Crippen molar-refractivity contribution in [3.63, 3.8) is 0 Å². The van der Waals surface area contributed by atoms with Crippen LogP contribution < -0.4 is 98.2 Å². The first-order chi connectivity index (χ1) is 30.1. The molecule has 0 bridgehead atoms. The first-order valence-electron chi connectivity index (χ1n) is 19.6. The van der Waals surface area contributed by atoms with Gasteiger partial charge in [-0.2, -0.15) is 0 Å². The molecule has 0 aliphatic carbocycles. The normalized spacial score (nSPS) is 19.7. The Morgan fingerprint density at radius 1 is 0.569 bits per heavy atom. The average Bonchev–Trinajstić information content (AvgIpc) is 3.86. The molecular formula is C43H42N4Na2O14S2. The van der Waals surface area contributed by atoms with E-state index >= 15 is 0 Å². The molecule has 8 rings (SSSR count). The fourth-order valence-electron chi connectivity index (χ4n) is 8.19. The van der Waals surface area contributed by atoms with Crippen molar-refractivity contribution in [1.29, 1.82) is 0 Å². The first-order valence-corrected chi connectivity index (χ1v) is 22.5. The maximum atomic E-state index is 14.0. The molecule has 2 amide bonds. The number of carbonyl (C=O) groups is 2. The first kappa shape index (κ1) is 49.9. The molecule has 2 unspecified atom stereocenters. The summed E-state index contributed by atoms with van der Waals surface area (Å²) < 4.78 is 110. The van der Waals surface area contributed by atoms with Gasteiger partial charge in [-0.1, -0.05) is 24.3 Å². The number of nitrogens with one attached hydrogen (secondary N) is 2. The number of carbonyl (C=O) groups excluding carboxylic acids is 2. The Morgan fingerprint density at radius 3 is 1.26 bits per heavy atom. The molecule has 0 spiro atoms. The number of rotatable bonds is 14. The number of nitrogens with zero attached hydrogens (tertiary/aromatic N) is 2. The van der Waals surface area contributed by atoms with E-state index in [0.717, 1.165) is 11.1 Å². The molecule has 0 aromatic heterocycles. The largest absolute Gasteiger partial charge is 1.00 e. The molecule has 0 saturated heterocycles. The number of hydrogen-bond donors (Lipinski definition) is 2. The Labute approximate surface area is 420 Å². The van der Waals surface area contributed by atoms with Gasteiger partial charge in [0.15, 0.2) is 23.0 Å². The molecule has 4 aromatic rings. The van der Waals surface area contributed by atoms with E-state index in [1.165, 1.54) is 62.5 Å². The topological polar surface area (TPSA) is 234 Å². The van der Waals surface area contributed by atoms with Crippen LogP contribution in [0.1, 0.15) is 51.1 Å². The van der Waals surface area contributed by atoms with Gasteiger partial charge in [-0.25, -0.2) is 16.8 Å². The number of hydrogen-bond acceptors (Lipinski definition) is 16. The van der Waals surface area contributed by atoms with Gasteiger partial charge in [-0.3, -0.25) is 9.59 Å². The van der Waals surface area contributed by atoms with Crippen LogP contribution in [-0.2, 0) is 20.2 Å². The number of anilines is 2. The molecule has 4 aliphatic rings. The second kappa shape index (κ2) is 20.2. The van der Waals surface area contributed by atoms with Crippen molar-refractivity contribution in [3.05, 3.63) is 107 Å². The van der Waals surface area contributed by atoms with E-state index in [9.17, 15) is 35.5 Å². The van der Waals surface area contributed by atoms with Gasteiger partial charge in [-0.15, -0.1) is 0 Å². The maximum Gasteiger partial charge on any atom is 1.00 e. The van der Waals surface area contributed by atoms with Crippen LogP contribution in [-0.4, -0.2) is 112 Å². The standard InChI is InChI=1S/C43H44N4O14S2.2Na/c1-56-28-10-6-24(7-11-28)26-16-34-40(62(50,51)52)44-32-20-38(36(58-3)18-30(32)42(48)46(34)22-26)60-14-5-15-61-39-21-33-31(19-37(39)59-4)43(49)47-23-27(25-8-12-29(57-2)13-9-25)17-35(47)41(45-33)63(53,54)55;;/h6-13,18-23,34-35,40-41,44-45H,5,14-17H2,1-4H3,(H,50,51,52)(H,53,54,55);;/q;2*+1/p-2/t34-,35-,40?,41?;;/m0../s1. The molecule has 22 heteroatoms. The second-order valence-corrected chi connectivity index (χ2v) is 18.0. The summed E-state index contributed by atoms with van der Waals surface area (Å²) in [6.07, 6.45) is 3.54. The molecule has 4 heterocycles. The van der Waals surface area contributed by atoms with E-state index in [0.29, 0.717) is 22.6 Å². The van der Waals surface area contributed by atoms with Gasteiger partial charge in [0.2, 0.25) is 0 Å². The third-order valence-corrected chi connectivity index (χ3v) is 13.4. The summed E-state index contributed by atoms with van der Waals surface area (Å²) in [5.41, 5.74) is 3.05. The SMILES string of the molecule is COc1ccc(C2=CN3C(=O)c4cc(OC)c(OCCCOc5cc6c(cc5OC)C(=O)N5C=C(c7ccc(OC)cc7)C[C@H]5C(S(=O)(=O)[O-])N6)cc4NC(S(=O)(=O)[O-])[C@@H]3C2)cc1.[Na+].[Na+]. The quantitative estimate of drug-likeness (QED) is 0.0848. The Balaban J connectivity index is 0.00000350. The number of benzene rings is 4. The van der Waals surface area contributed by atoms with Crippen LogP contribution in [0.5, 0.6) is 34.5 Å². The molecular weight excluding hydrogens is 907 g/mol. The van der Waals surface area contributed by atoms with Crippen molar-refractivity contribution in [2.24, 2.45) is 0 Å². The van der Waals surface area contributed by atoms with Crippen molar-refractivity contribution in [2.75, 3.05) is 52.3 Å². The zero-order valence-electron chi connectivity index (χ0n) is 36.4. The van der Waals surface area contributed by atoms with Gasteiger partial charge < -0.3 is 58.0 Å². The van der Waals surface area contributed by atoms with Gasteiger partial charge in [-0.05, 0) is 71.5 Å². The predicted octanol–water partition coefficient (Wildman–Crippen LogP) is -1.32. The minimum absolute atomic E-state index is 0. The van der Waals surface area contributed by atoms with Crippen LogP contribution in [0.4, 0.5) is 11.4 Å². The summed E-state index contributed by atoms with van der Waals surface area (Å²) in [6.45, 7) is 0.0458. The summed E-state index contributed by atoms with van der Waals surface area (Å²) in [4.78, 5) is 30.5. The van der Waals surface area contributed by atoms with Crippen LogP contribution in [0.15, 0.2) is 85.2 Å². The number of methoxy groups -OCH3 is 4. The summed E-state index contributed by atoms with van der Waals surface area (Å²) >= 11 is 0. The molecule has 2 N–H and O–H groups in total. The summed E-state index contributed by atoms with van der Waals surface area (Å²) in [7, 11) is -4.17. The zero-order chi connectivity index (χ0) is 44.8. The van der Waals surface area contributed by atoms with Crippen molar-refractivity contribution in [3.8, 4) is 34.5 Å². The Hall–Kier alpha value is -4.48. The molecule has 332 valence electrons. The van der Waals surface area contributed by atoms with E-state index in [2.05, 4.69) is 10.6 Å². The van der Waals surface area contributed by atoms with Crippen molar-refractivity contribution in [2.45, 2.75) is 42.1 Å². The zero-order valence-corrected chi connectivity index (χ0v) is 42.0. The van der Waals surface area contributed by atoms with Gasteiger partial charge >= 0.3 is 59.1 Å². The van der Waals surface area contributed by atoms with E-state index in [1.54, 1.807) is 60.9 Å². The van der Waals surface area contributed by atoms with Gasteiger partial charge in [0.25, 0.3) is 11.8 Å². The number of ether oxygens (including phenoxy) is 6. The maximum absolute atomic E-state index is 14.0. The summed E-state index contributed by atoms with van der Waals surface area (Å²) in [6, 6.07) is 17.6. The molecule has 18 nitrogen and oxygen atoms in total. The molecule has 4 atom stereocenters. The van der Waals surface area contributed by atoms with E-state index in [-0.39, 0.29) is 137 Å². The molecule has 4 aromatic carbocycles. The third-order valence-electron chi connectivity index (χ3n) is 11.3. The summed E-state index contributed by atoms with van der Waals surface area (Å²) in [5, 5.41) is 2.21. The number of fused-ring (bicyclic) bond motifs is 4. The fourth-order valence-corrected chi connectivity index (χ4v) is 9.95. The van der Waals surface area contributed by atoms with E-state index in [1.807, 2.05) is 0 Å². The predicted molar refractivity (Wildman–Crippen MR) is 227 cm³/mol.